The van der Waals surface area contributed by atoms with Gasteiger partial charge in [0.25, 0.3) is 0 Å². The molecule has 3 heteroatoms. The van der Waals surface area contributed by atoms with E-state index in [4.69, 9.17) is 9.15 Å². The van der Waals surface area contributed by atoms with Crippen molar-refractivity contribution in [1.29, 1.82) is 0 Å². The number of hydrogen-bond acceptors (Lipinski definition) is 3. The molecule has 0 saturated carbocycles. The molecular formula is C11H10O3. The summed E-state index contributed by atoms with van der Waals surface area (Å²) >= 11 is 0. The number of benzene rings is 1. The largest absolute Gasteiger partial charge is 0.464 e. The summed E-state index contributed by atoms with van der Waals surface area (Å²) in [5, 5.41) is 0.797. The SMILES string of the molecule is CCOC(=O)c1cccc2occc12. The number of hydrogen-bond donors (Lipinski definition) is 0. The van der Waals surface area contributed by atoms with Gasteiger partial charge in [0.05, 0.1) is 18.4 Å². The minimum Gasteiger partial charge on any atom is -0.464 e. The molecule has 0 spiro atoms. The number of ether oxygens (including phenoxy) is 1. The van der Waals surface area contributed by atoms with Crippen LogP contribution in [0.5, 0.6) is 0 Å². The molecule has 3 nitrogen and oxygen atoms in total. The van der Waals surface area contributed by atoms with Gasteiger partial charge in [0, 0.05) is 5.39 Å². The van der Waals surface area contributed by atoms with Crippen LogP contribution < -0.4 is 0 Å². The van der Waals surface area contributed by atoms with E-state index < -0.39 is 0 Å². The molecule has 1 heterocycles. The number of carbonyl (C=O) groups is 1. The van der Waals surface area contributed by atoms with Crippen molar-refractivity contribution in [2.24, 2.45) is 0 Å². The molecule has 0 aliphatic rings. The van der Waals surface area contributed by atoms with Gasteiger partial charge in [0.2, 0.25) is 0 Å². The Kier molecular flexibility index (Phi) is 2.23. The van der Waals surface area contributed by atoms with E-state index in [1.165, 1.54) is 0 Å². The first-order valence-corrected chi connectivity index (χ1v) is 4.46. The van der Waals surface area contributed by atoms with Gasteiger partial charge < -0.3 is 9.15 Å². The van der Waals surface area contributed by atoms with Crippen LogP contribution in [0.2, 0.25) is 0 Å². The van der Waals surface area contributed by atoms with Crippen LogP contribution in [0.25, 0.3) is 11.0 Å². The molecule has 0 radical (unpaired) electrons. The topological polar surface area (TPSA) is 39.4 Å². The Morgan fingerprint density at radius 3 is 3.07 bits per heavy atom. The van der Waals surface area contributed by atoms with Gasteiger partial charge in [0.15, 0.2) is 0 Å². The second kappa shape index (κ2) is 3.54. The maximum atomic E-state index is 11.5. The van der Waals surface area contributed by atoms with Crippen LogP contribution in [0.15, 0.2) is 34.9 Å². The van der Waals surface area contributed by atoms with Crippen molar-refractivity contribution in [1.82, 2.24) is 0 Å². The predicted molar refractivity (Wildman–Crippen MR) is 52.2 cm³/mol. The Bertz CT molecular complexity index is 456. The van der Waals surface area contributed by atoms with Crippen molar-refractivity contribution >= 4 is 16.9 Å². The fraction of sp³-hybridized carbons (Fsp3) is 0.182. The maximum Gasteiger partial charge on any atom is 0.338 e. The Balaban J connectivity index is 2.50. The van der Waals surface area contributed by atoms with Gasteiger partial charge in [-0.2, -0.15) is 0 Å². The predicted octanol–water partition coefficient (Wildman–Crippen LogP) is 2.61. The van der Waals surface area contributed by atoms with Crippen LogP contribution >= 0.6 is 0 Å². The lowest BCUT2D eigenvalue weighted by Gasteiger charge is -2.01. The van der Waals surface area contributed by atoms with Gasteiger partial charge >= 0.3 is 5.97 Å². The minimum absolute atomic E-state index is 0.306. The fourth-order valence-electron chi connectivity index (χ4n) is 1.38. The molecule has 0 fully saturated rings. The summed E-state index contributed by atoms with van der Waals surface area (Å²) in [6, 6.07) is 7.09. The smallest absolute Gasteiger partial charge is 0.338 e. The van der Waals surface area contributed by atoms with Crippen LogP contribution in [0, 0.1) is 0 Å². The van der Waals surface area contributed by atoms with Gasteiger partial charge in [0.1, 0.15) is 5.58 Å². The summed E-state index contributed by atoms with van der Waals surface area (Å²) in [6.07, 6.45) is 1.56. The van der Waals surface area contributed by atoms with Gasteiger partial charge in [-0.05, 0) is 25.1 Å². The normalized spacial score (nSPS) is 10.4. The molecule has 0 aliphatic heterocycles. The van der Waals surface area contributed by atoms with Crippen molar-refractivity contribution in [3.63, 3.8) is 0 Å². The Morgan fingerprint density at radius 1 is 1.43 bits per heavy atom. The maximum absolute atomic E-state index is 11.5. The molecule has 2 rings (SSSR count). The molecule has 72 valence electrons. The van der Waals surface area contributed by atoms with Crippen molar-refractivity contribution in [2.75, 3.05) is 6.61 Å². The Labute approximate surface area is 81.3 Å². The van der Waals surface area contributed by atoms with E-state index in [-0.39, 0.29) is 5.97 Å². The third-order valence-electron chi connectivity index (χ3n) is 1.99. The molecule has 0 amide bonds. The van der Waals surface area contributed by atoms with E-state index in [2.05, 4.69) is 0 Å². The second-order valence-electron chi connectivity index (χ2n) is 2.86. The molecule has 1 aromatic carbocycles. The average molecular weight is 190 g/mol. The molecule has 0 aliphatic carbocycles. The molecule has 14 heavy (non-hydrogen) atoms. The fourth-order valence-corrected chi connectivity index (χ4v) is 1.38. The molecule has 1 aromatic heterocycles. The standard InChI is InChI=1S/C11H10O3/c1-2-13-11(12)9-4-3-5-10-8(9)6-7-14-10/h3-7H,2H2,1H3. The van der Waals surface area contributed by atoms with E-state index in [1.54, 1.807) is 31.4 Å². The molecule has 2 aromatic rings. The highest BCUT2D eigenvalue weighted by molar-refractivity contribution is 6.03. The zero-order valence-electron chi connectivity index (χ0n) is 7.82. The highest BCUT2D eigenvalue weighted by atomic mass is 16.5. The third-order valence-corrected chi connectivity index (χ3v) is 1.99. The van der Waals surface area contributed by atoms with Crippen LogP contribution in [-0.4, -0.2) is 12.6 Å². The second-order valence-corrected chi connectivity index (χ2v) is 2.86. The molecule has 0 N–H and O–H groups in total. The van der Waals surface area contributed by atoms with Crippen LogP contribution in [0.1, 0.15) is 17.3 Å². The van der Waals surface area contributed by atoms with Crippen molar-refractivity contribution < 1.29 is 13.9 Å². The molecule has 0 unspecified atom stereocenters. The van der Waals surface area contributed by atoms with Crippen molar-refractivity contribution in [3.8, 4) is 0 Å². The van der Waals surface area contributed by atoms with E-state index >= 15 is 0 Å². The van der Waals surface area contributed by atoms with Gasteiger partial charge in [-0.3, -0.25) is 0 Å². The van der Waals surface area contributed by atoms with Gasteiger partial charge in [-0.15, -0.1) is 0 Å². The summed E-state index contributed by atoms with van der Waals surface area (Å²) < 4.78 is 10.1. The lowest BCUT2D eigenvalue weighted by atomic mass is 10.1. The quantitative estimate of drug-likeness (QED) is 0.683. The molecule has 0 bridgehead atoms. The molecule has 0 saturated heterocycles. The highest BCUT2D eigenvalue weighted by Gasteiger charge is 2.11. The van der Waals surface area contributed by atoms with Crippen molar-refractivity contribution in [3.05, 3.63) is 36.1 Å². The number of esters is 1. The zero-order valence-corrected chi connectivity index (χ0v) is 7.82. The zero-order chi connectivity index (χ0) is 9.97. The lowest BCUT2D eigenvalue weighted by molar-refractivity contribution is 0.0528. The highest BCUT2D eigenvalue weighted by Crippen LogP contribution is 2.20. The third kappa shape index (κ3) is 1.37. The summed E-state index contributed by atoms with van der Waals surface area (Å²) in [4.78, 5) is 11.5. The summed E-state index contributed by atoms with van der Waals surface area (Å²) in [6.45, 7) is 2.17. The molecule has 0 atom stereocenters. The number of rotatable bonds is 2. The van der Waals surface area contributed by atoms with Crippen LogP contribution in [0.4, 0.5) is 0 Å². The van der Waals surface area contributed by atoms with Crippen LogP contribution in [-0.2, 0) is 4.74 Å². The lowest BCUT2D eigenvalue weighted by Crippen LogP contribution is -2.04. The molecular weight excluding hydrogens is 180 g/mol. The van der Waals surface area contributed by atoms with E-state index in [9.17, 15) is 4.79 Å². The van der Waals surface area contributed by atoms with Gasteiger partial charge in [-0.25, -0.2) is 4.79 Å². The Morgan fingerprint density at radius 2 is 2.29 bits per heavy atom. The van der Waals surface area contributed by atoms with E-state index in [0.29, 0.717) is 17.8 Å². The van der Waals surface area contributed by atoms with Gasteiger partial charge in [-0.1, -0.05) is 6.07 Å². The Hall–Kier alpha value is -1.77. The van der Waals surface area contributed by atoms with E-state index in [0.717, 1.165) is 5.39 Å². The van der Waals surface area contributed by atoms with E-state index in [1.807, 2.05) is 6.07 Å². The summed E-state index contributed by atoms with van der Waals surface area (Å²) in [5.41, 5.74) is 1.26. The van der Waals surface area contributed by atoms with Crippen molar-refractivity contribution in [2.45, 2.75) is 6.92 Å². The summed E-state index contributed by atoms with van der Waals surface area (Å²) in [7, 11) is 0. The number of furan rings is 1. The minimum atomic E-state index is -0.306. The summed E-state index contributed by atoms with van der Waals surface area (Å²) in [5.74, 6) is -0.306. The first kappa shape index (κ1) is 8.81. The first-order chi connectivity index (χ1) is 6.83. The number of carbonyl (C=O) groups excluding carboxylic acids is 1. The average Bonchev–Trinajstić information content (AvgIpc) is 2.65. The number of fused-ring (bicyclic) bond motifs is 1. The van der Waals surface area contributed by atoms with Crippen LogP contribution in [0.3, 0.4) is 0 Å². The first-order valence-electron chi connectivity index (χ1n) is 4.46. The monoisotopic (exact) mass is 190 g/mol.